The van der Waals surface area contributed by atoms with E-state index < -0.39 is 0 Å². The Kier molecular flexibility index (Phi) is 5.32. The first-order chi connectivity index (χ1) is 13.6. The molecule has 1 saturated heterocycles. The molecule has 2 aromatic carbocycles. The van der Waals surface area contributed by atoms with Crippen molar-refractivity contribution < 1.29 is 14.3 Å². The highest BCUT2D eigenvalue weighted by Crippen LogP contribution is 2.31. The molecule has 0 bridgehead atoms. The van der Waals surface area contributed by atoms with Gasteiger partial charge in [0.1, 0.15) is 12.4 Å². The first kappa shape index (κ1) is 18.5. The zero-order valence-corrected chi connectivity index (χ0v) is 16.7. The Morgan fingerprint density at radius 2 is 1.93 bits per heavy atom. The maximum Gasteiger partial charge on any atom is 0.290 e. The molecule has 0 atom stereocenters. The summed E-state index contributed by atoms with van der Waals surface area (Å²) in [6.07, 6.45) is 1.69. The van der Waals surface area contributed by atoms with Crippen LogP contribution in [-0.4, -0.2) is 11.1 Å². The van der Waals surface area contributed by atoms with E-state index >= 15 is 0 Å². The van der Waals surface area contributed by atoms with Gasteiger partial charge in [0.25, 0.3) is 11.1 Å². The maximum absolute atomic E-state index is 11.8. The molecule has 28 heavy (non-hydrogen) atoms. The molecule has 1 N–H and O–H groups in total. The Balaban J connectivity index is 1.55. The van der Waals surface area contributed by atoms with Gasteiger partial charge in [-0.25, -0.2) is 0 Å². The summed E-state index contributed by atoms with van der Waals surface area (Å²) >= 11 is 2.62. The van der Waals surface area contributed by atoms with Crippen LogP contribution in [0.5, 0.6) is 5.75 Å². The van der Waals surface area contributed by atoms with Crippen molar-refractivity contribution in [3.63, 3.8) is 0 Å². The SMILES string of the molecule is Cc1ccc(COc2ccccc2/C=C2/SC(=O)NC2=O)cc1-c1cccs1. The average molecular weight is 408 g/mol. The van der Waals surface area contributed by atoms with Crippen LogP contribution in [0.15, 0.2) is 64.9 Å². The Hall–Kier alpha value is -2.83. The minimum atomic E-state index is -0.371. The summed E-state index contributed by atoms with van der Waals surface area (Å²) < 4.78 is 6.04. The van der Waals surface area contributed by atoms with Crippen molar-refractivity contribution >= 4 is 40.3 Å². The lowest BCUT2D eigenvalue weighted by Crippen LogP contribution is -2.17. The molecule has 2 heterocycles. The molecule has 0 saturated carbocycles. The van der Waals surface area contributed by atoms with Gasteiger partial charge < -0.3 is 4.74 Å². The van der Waals surface area contributed by atoms with Gasteiger partial charge >= 0.3 is 0 Å². The molecule has 4 nitrogen and oxygen atoms in total. The monoisotopic (exact) mass is 407 g/mol. The van der Waals surface area contributed by atoms with Crippen molar-refractivity contribution in [1.29, 1.82) is 0 Å². The second-order valence-corrected chi connectivity index (χ2v) is 8.27. The van der Waals surface area contributed by atoms with E-state index in [0.717, 1.165) is 22.9 Å². The van der Waals surface area contributed by atoms with Crippen LogP contribution in [0, 0.1) is 6.92 Å². The van der Waals surface area contributed by atoms with Crippen molar-refractivity contribution in [3.8, 4) is 16.2 Å². The predicted octanol–water partition coefficient (Wildman–Crippen LogP) is 5.63. The molecule has 140 valence electrons. The summed E-state index contributed by atoms with van der Waals surface area (Å²) in [5.74, 6) is 0.296. The number of carbonyl (C=O) groups excluding carboxylic acids is 2. The van der Waals surface area contributed by atoms with Gasteiger partial charge in [-0.05, 0) is 65.0 Å². The molecule has 1 aromatic heterocycles. The number of rotatable bonds is 5. The fourth-order valence-electron chi connectivity index (χ4n) is 2.91. The third-order valence-electron chi connectivity index (χ3n) is 4.33. The van der Waals surface area contributed by atoms with E-state index in [9.17, 15) is 9.59 Å². The number of aryl methyl sites for hydroxylation is 1. The second kappa shape index (κ2) is 8.04. The van der Waals surface area contributed by atoms with E-state index in [1.54, 1.807) is 17.4 Å². The van der Waals surface area contributed by atoms with E-state index in [-0.39, 0.29) is 11.1 Å². The highest BCUT2D eigenvalue weighted by atomic mass is 32.2. The molecule has 0 spiro atoms. The van der Waals surface area contributed by atoms with E-state index in [4.69, 9.17) is 4.74 Å². The molecule has 2 amide bonds. The molecule has 0 radical (unpaired) electrons. The van der Waals surface area contributed by atoms with Crippen LogP contribution in [0.1, 0.15) is 16.7 Å². The maximum atomic E-state index is 11.8. The van der Waals surface area contributed by atoms with Crippen molar-refractivity contribution in [2.75, 3.05) is 0 Å². The number of thiophene rings is 1. The topological polar surface area (TPSA) is 55.4 Å². The summed E-state index contributed by atoms with van der Waals surface area (Å²) in [7, 11) is 0. The van der Waals surface area contributed by atoms with Crippen LogP contribution in [0.4, 0.5) is 4.79 Å². The molecule has 0 unspecified atom stereocenters. The van der Waals surface area contributed by atoms with Gasteiger partial charge in [0, 0.05) is 10.4 Å². The summed E-state index contributed by atoms with van der Waals surface area (Å²) in [6, 6.07) is 18.0. The minimum Gasteiger partial charge on any atom is -0.488 e. The van der Waals surface area contributed by atoms with Crippen molar-refractivity contribution in [1.82, 2.24) is 5.32 Å². The van der Waals surface area contributed by atoms with E-state index in [1.807, 2.05) is 30.3 Å². The fourth-order valence-corrected chi connectivity index (χ4v) is 4.39. The lowest BCUT2D eigenvalue weighted by molar-refractivity contribution is -0.115. The average Bonchev–Trinajstić information content (AvgIpc) is 3.32. The largest absolute Gasteiger partial charge is 0.488 e. The summed E-state index contributed by atoms with van der Waals surface area (Å²) in [6.45, 7) is 2.52. The lowest BCUT2D eigenvalue weighted by Gasteiger charge is -2.11. The standard InChI is InChI=1S/C22H17NO3S2/c1-14-8-9-15(11-17(14)19-7-4-10-27-19)13-26-18-6-3-2-5-16(18)12-20-21(24)23-22(25)28-20/h2-12H,13H2,1H3,(H,23,24,25)/b20-12+. The van der Waals surface area contributed by atoms with Crippen molar-refractivity contribution in [3.05, 3.63) is 81.6 Å². The smallest absolute Gasteiger partial charge is 0.290 e. The van der Waals surface area contributed by atoms with Crippen LogP contribution in [0.2, 0.25) is 0 Å². The quantitative estimate of drug-likeness (QED) is 0.557. The van der Waals surface area contributed by atoms with Crippen LogP contribution < -0.4 is 10.1 Å². The Morgan fingerprint density at radius 1 is 1.07 bits per heavy atom. The first-order valence-corrected chi connectivity index (χ1v) is 10.4. The number of hydrogen-bond donors (Lipinski definition) is 1. The summed E-state index contributed by atoms with van der Waals surface area (Å²) in [5.41, 5.74) is 4.27. The number of benzene rings is 2. The minimum absolute atomic E-state index is 0.351. The predicted molar refractivity (Wildman–Crippen MR) is 114 cm³/mol. The normalized spacial score (nSPS) is 15.1. The first-order valence-electron chi connectivity index (χ1n) is 8.70. The van der Waals surface area contributed by atoms with Gasteiger partial charge in [0.05, 0.1) is 4.91 Å². The van der Waals surface area contributed by atoms with Gasteiger partial charge in [-0.2, -0.15) is 0 Å². The number of para-hydroxylation sites is 1. The van der Waals surface area contributed by atoms with Gasteiger partial charge in [0.2, 0.25) is 0 Å². The third-order valence-corrected chi connectivity index (χ3v) is 6.04. The highest BCUT2D eigenvalue weighted by Gasteiger charge is 2.25. The molecule has 4 rings (SSSR count). The molecule has 1 aliphatic rings. The van der Waals surface area contributed by atoms with Gasteiger partial charge in [-0.1, -0.05) is 36.4 Å². The molecule has 1 fully saturated rings. The van der Waals surface area contributed by atoms with E-state index in [2.05, 4.69) is 41.9 Å². The van der Waals surface area contributed by atoms with E-state index in [1.165, 1.54) is 16.0 Å². The Morgan fingerprint density at radius 3 is 2.68 bits per heavy atom. The van der Waals surface area contributed by atoms with E-state index in [0.29, 0.717) is 17.3 Å². The zero-order valence-electron chi connectivity index (χ0n) is 15.1. The highest BCUT2D eigenvalue weighted by molar-refractivity contribution is 8.18. The van der Waals surface area contributed by atoms with Crippen molar-refractivity contribution in [2.45, 2.75) is 13.5 Å². The van der Waals surface area contributed by atoms with Crippen LogP contribution in [-0.2, 0) is 11.4 Å². The third kappa shape index (κ3) is 4.03. The number of hydrogen-bond acceptors (Lipinski definition) is 5. The van der Waals surface area contributed by atoms with Gasteiger partial charge in [-0.3, -0.25) is 14.9 Å². The van der Waals surface area contributed by atoms with Crippen LogP contribution in [0.3, 0.4) is 0 Å². The number of thioether (sulfide) groups is 1. The molecule has 3 aromatic rings. The molecular formula is C22H17NO3S2. The molecule has 6 heteroatoms. The number of imide groups is 1. The number of amides is 2. The van der Waals surface area contributed by atoms with Gasteiger partial charge in [-0.15, -0.1) is 11.3 Å². The Bertz CT molecular complexity index is 1070. The fraction of sp³-hybridized carbons (Fsp3) is 0.0909. The van der Waals surface area contributed by atoms with Crippen molar-refractivity contribution in [2.24, 2.45) is 0 Å². The second-order valence-electron chi connectivity index (χ2n) is 6.31. The number of carbonyl (C=O) groups is 2. The molecule has 1 aliphatic heterocycles. The Labute approximate surface area is 171 Å². The summed E-state index contributed by atoms with van der Waals surface area (Å²) in [5, 5.41) is 3.99. The molecule has 0 aliphatic carbocycles. The molecular weight excluding hydrogens is 390 g/mol. The zero-order chi connectivity index (χ0) is 19.5. The van der Waals surface area contributed by atoms with Crippen LogP contribution in [0.25, 0.3) is 16.5 Å². The number of ether oxygens (including phenoxy) is 1. The summed E-state index contributed by atoms with van der Waals surface area (Å²) in [4.78, 5) is 24.8. The van der Waals surface area contributed by atoms with Crippen LogP contribution >= 0.6 is 23.1 Å². The lowest BCUT2D eigenvalue weighted by atomic mass is 10.0. The van der Waals surface area contributed by atoms with Gasteiger partial charge in [0.15, 0.2) is 0 Å². The number of nitrogens with one attached hydrogen (secondary N) is 1.